The Hall–Kier alpha value is -2.28. The first kappa shape index (κ1) is 19.5. The van der Waals surface area contributed by atoms with Crippen molar-refractivity contribution in [3.05, 3.63) is 41.7 Å². The highest BCUT2D eigenvalue weighted by molar-refractivity contribution is 5.76. The first-order valence-electron chi connectivity index (χ1n) is 9.88. The maximum Gasteiger partial charge on any atom is 0.220 e. The van der Waals surface area contributed by atoms with Crippen LogP contribution >= 0.6 is 0 Å². The lowest BCUT2D eigenvalue weighted by atomic mass is 9.93. The van der Waals surface area contributed by atoms with E-state index in [-0.39, 0.29) is 17.9 Å². The third-order valence-electron chi connectivity index (χ3n) is 5.38. The molecular formula is C20H30N6O. The normalized spacial score (nSPS) is 17.3. The van der Waals surface area contributed by atoms with Gasteiger partial charge in [-0.1, -0.05) is 44.2 Å². The van der Waals surface area contributed by atoms with Crippen molar-refractivity contribution in [3.8, 4) is 0 Å². The van der Waals surface area contributed by atoms with Crippen LogP contribution < -0.4 is 5.73 Å². The molecule has 1 amide bonds. The van der Waals surface area contributed by atoms with E-state index in [1.807, 2.05) is 10.7 Å². The van der Waals surface area contributed by atoms with Crippen molar-refractivity contribution in [1.82, 2.24) is 25.1 Å². The van der Waals surface area contributed by atoms with Crippen molar-refractivity contribution in [2.45, 2.75) is 52.1 Å². The summed E-state index contributed by atoms with van der Waals surface area (Å²) >= 11 is 0. The zero-order valence-corrected chi connectivity index (χ0v) is 16.3. The van der Waals surface area contributed by atoms with Gasteiger partial charge in [0.05, 0.1) is 6.04 Å². The third-order valence-corrected chi connectivity index (χ3v) is 5.38. The highest BCUT2D eigenvalue weighted by Crippen LogP contribution is 2.30. The van der Waals surface area contributed by atoms with Gasteiger partial charge in [0.25, 0.3) is 0 Å². The summed E-state index contributed by atoms with van der Waals surface area (Å²) in [5.74, 6) is 1.28. The van der Waals surface area contributed by atoms with Crippen molar-refractivity contribution in [2.24, 2.45) is 17.6 Å². The van der Waals surface area contributed by atoms with Crippen LogP contribution in [-0.4, -0.2) is 44.1 Å². The number of aromatic nitrogens is 4. The van der Waals surface area contributed by atoms with Gasteiger partial charge >= 0.3 is 0 Å². The molecule has 7 nitrogen and oxygen atoms in total. The van der Waals surface area contributed by atoms with Crippen molar-refractivity contribution >= 4 is 5.91 Å². The van der Waals surface area contributed by atoms with Gasteiger partial charge in [-0.25, -0.2) is 4.68 Å². The number of hydrogen-bond acceptors (Lipinski definition) is 5. The second kappa shape index (κ2) is 9.08. The molecule has 1 saturated heterocycles. The summed E-state index contributed by atoms with van der Waals surface area (Å²) in [6.45, 7) is 6.92. The molecule has 0 aliphatic carbocycles. The Morgan fingerprint density at radius 1 is 1.22 bits per heavy atom. The molecule has 1 aromatic carbocycles. The minimum atomic E-state index is -0.178. The van der Waals surface area contributed by atoms with E-state index in [9.17, 15) is 4.79 Å². The predicted octanol–water partition coefficient (Wildman–Crippen LogP) is 2.20. The number of carbonyl (C=O) groups excluding carboxylic acids is 1. The van der Waals surface area contributed by atoms with E-state index in [2.05, 4.69) is 58.5 Å². The molecule has 1 aromatic heterocycles. The van der Waals surface area contributed by atoms with Crippen molar-refractivity contribution in [2.75, 3.05) is 13.1 Å². The number of likely N-dealkylation sites (tertiary alicyclic amines) is 1. The Labute approximate surface area is 160 Å². The lowest BCUT2D eigenvalue weighted by molar-refractivity contribution is -0.123. The van der Waals surface area contributed by atoms with Crippen LogP contribution in [0, 0.1) is 11.8 Å². The van der Waals surface area contributed by atoms with E-state index in [0.717, 1.165) is 51.1 Å². The van der Waals surface area contributed by atoms with Gasteiger partial charge in [0, 0.05) is 12.5 Å². The standard InChI is InChI=1S/C20H30N6O/c1-15(2)14-18(25-11-9-17(10-12-25)19(21)27)20-22-23-24-26(20)13-8-16-6-4-3-5-7-16/h3-7,15,17-18H,8-14H2,1-2H3,(H2,21,27)/t18-/m1/s1. The van der Waals surface area contributed by atoms with Crippen LogP contribution in [0.5, 0.6) is 0 Å². The SMILES string of the molecule is CC(C)C[C@H](c1nnnn1CCc1ccccc1)N1CCC(C(N)=O)CC1. The summed E-state index contributed by atoms with van der Waals surface area (Å²) in [7, 11) is 0. The Kier molecular flexibility index (Phi) is 6.55. The minimum Gasteiger partial charge on any atom is -0.369 e. The Bertz CT molecular complexity index is 721. The van der Waals surface area contributed by atoms with Crippen molar-refractivity contribution in [1.29, 1.82) is 0 Å². The molecule has 1 aliphatic heterocycles. The molecule has 0 radical (unpaired) electrons. The largest absolute Gasteiger partial charge is 0.369 e. The van der Waals surface area contributed by atoms with Crippen LogP contribution in [-0.2, 0) is 17.8 Å². The molecule has 2 heterocycles. The number of nitrogens with zero attached hydrogens (tertiary/aromatic N) is 5. The van der Waals surface area contributed by atoms with Gasteiger partial charge in [-0.15, -0.1) is 5.10 Å². The van der Waals surface area contributed by atoms with Gasteiger partial charge in [-0.2, -0.15) is 0 Å². The van der Waals surface area contributed by atoms with Crippen LogP contribution in [0.15, 0.2) is 30.3 Å². The fourth-order valence-corrected chi connectivity index (χ4v) is 3.85. The van der Waals surface area contributed by atoms with Gasteiger partial charge in [0.15, 0.2) is 5.82 Å². The fraction of sp³-hybridized carbons (Fsp3) is 0.600. The first-order chi connectivity index (χ1) is 13.0. The van der Waals surface area contributed by atoms with E-state index in [0.29, 0.717) is 5.92 Å². The quantitative estimate of drug-likeness (QED) is 0.769. The van der Waals surface area contributed by atoms with Crippen LogP contribution in [0.25, 0.3) is 0 Å². The molecule has 7 heteroatoms. The molecule has 1 fully saturated rings. The zero-order chi connectivity index (χ0) is 19.2. The second-order valence-electron chi connectivity index (χ2n) is 7.85. The molecule has 0 unspecified atom stereocenters. The highest BCUT2D eigenvalue weighted by Gasteiger charge is 2.31. The summed E-state index contributed by atoms with van der Waals surface area (Å²) in [5.41, 5.74) is 6.77. The molecule has 1 aliphatic rings. The molecule has 0 bridgehead atoms. The average molecular weight is 371 g/mol. The Balaban J connectivity index is 1.72. The summed E-state index contributed by atoms with van der Waals surface area (Å²) in [5, 5.41) is 12.6. The van der Waals surface area contributed by atoms with Gasteiger partial charge in [-0.3, -0.25) is 9.69 Å². The molecule has 2 aromatic rings. The molecule has 0 saturated carbocycles. The number of hydrogen-bond donors (Lipinski definition) is 1. The van der Waals surface area contributed by atoms with Crippen LogP contribution in [0.3, 0.4) is 0 Å². The fourth-order valence-electron chi connectivity index (χ4n) is 3.85. The monoisotopic (exact) mass is 370 g/mol. The lowest BCUT2D eigenvalue weighted by Crippen LogP contribution is -2.41. The molecule has 2 N–H and O–H groups in total. The maximum absolute atomic E-state index is 11.5. The van der Waals surface area contributed by atoms with E-state index in [4.69, 9.17) is 5.73 Å². The van der Waals surface area contributed by atoms with E-state index in [1.165, 1.54) is 5.56 Å². The van der Waals surface area contributed by atoms with E-state index >= 15 is 0 Å². The van der Waals surface area contributed by atoms with Crippen LogP contribution in [0.2, 0.25) is 0 Å². The summed E-state index contributed by atoms with van der Waals surface area (Å²) in [4.78, 5) is 13.9. The van der Waals surface area contributed by atoms with Crippen LogP contribution in [0.1, 0.15) is 50.5 Å². The van der Waals surface area contributed by atoms with Crippen molar-refractivity contribution in [3.63, 3.8) is 0 Å². The predicted molar refractivity (Wildman–Crippen MR) is 104 cm³/mol. The van der Waals surface area contributed by atoms with E-state index < -0.39 is 0 Å². The topological polar surface area (TPSA) is 89.9 Å². The Morgan fingerprint density at radius 3 is 2.56 bits per heavy atom. The summed E-state index contributed by atoms with van der Waals surface area (Å²) in [6.07, 6.45) is 3.52. The number of aryl methyl sites for hydroxylation is 2. The number of amides is 1. The number of primary amides is 1. The molecule has 0 spiro atoms. The molecular weight excluding hydrogens is 340 g/mol. The van der Waals surface area contributed by atoms with Gasteiger partial charge in [0.1, 0.15) is 0 Å². The van der Waals surface area contributed by atoms with Gasteiger partial charge < -0.3 is 5.73 Å². The maximum atomic E-state index is 11.5. The number of rotatable bonds is 8. The number of carbonyl (C=O) groups is 1. The summed E-state index contributed by atoms with van der Waals surface area (Å²) < 4.78 is 1.94. The minimum absolute atomic E-state index is 0.00461. The second-order valence-corrected chi connectivity index (χ2v) is 7.85. The molecule has 146 valence electrons. The summed E-state index contributed by atoms with van der Waals surface area (Å²) in [6, 6.07) is 10.6. The van der Waals surface area contributed by atoms with E-state index in [1.54, 1.807) is 0 Å². The highest BCUT2D eigenvalue weighted by atomic mass is 16.1. The zero-order valence-electron chi connectivity index (χ0n) is 16.3. The lowest BCUT2D eigenvalue weighted by Gasteiger charge is -2.36. The third kappa shape index (κ3) is 5.13. The van der Waals surface area contributed by atoms with Crippen LogP contribution in [0.4, 0.5) is 0 Å². The first-order valence-corrected chi connectivity index (χ1v) is 9.88. The number of tetrazole rings is 1. The van der Waals surface area contributed by atoms with Crippen molar-refractivity contribution < 1.29 is 4.79 Å². The average Bonchev–Trinajstić information content (AvgIpc) is 3.13. The molecule has 3 rings (SSSR count). The smallest absolute Gasteiger partial charge is 0.220 e. The Morgan fingerprint density at radius 2 is 1.93 bits per heavy atom. The number of benzene rings is 1. The molecule has 1 atom stereocenters. The van der Waals surface area contributed by atoms with Gasteiger partial charge in [0.2, 0.25) is 5.91 Å². The molecule has 27 heavy (non-hydrogen) atoms. The number of nitrogens with two attached hydrogens (primary N) is 1. The van der Waals surface area contributed by atoms with Gasteiger partial charge in [-0.05, 0) is 60.7 Å². The number of piperidine rings is 1.